The molecule has 1 fully saturated rings. The minimum Gasteiger partial charge on any atom is -0.507 e. The maximum atomic E-state index is 12.1. The summed E-state index contributed by atoms with van der Waals surface area (Å²) in [6, 6.07) is 10.5. The average molecular weight is 536 g/mol. The second-order valence-corrected chi connectivity index (χ2v) is 8.25. The lowest BCUT2D eigenvalue weighted by Gasteiger charge is -1.99. The molecule has 1 aliphatic rings. The Morgan fingerprint density at radius 3 is 2.79 bits per heavy atom. The SMILES string of the molecule is O=C1NC(=Nc2ccc(Br)c(Cl)c2)S/C1=C\c1ccc(O)c(I)c1. The lowest BCUT2D eigenvalue weighted by Crippen LogP contribution is -2.19. The lowest BCUT2D eigenvalue weighted by molar-refractivity contribution is -0.115. The van der Waals surface area contributed by atoms with E-state index in [1.165, 1.54) is 11.8 Å². The van der Waals surface area contributed by atoms with Crippen molar-refractivity contribution < 1.29 is 9.90 Å². The van der Waals surface area contributed by atoms with Gasteiger partial charge in [0.1, 0.15) is 5.75 Å². The fourth-order valence-electron chi connectivity index (χ4n) is 1.92. The van der Waals surface area contributed by atoms with Crippen LogP contribution in [0.5, 0.6) is 5.75 Å². The number of phenols is 1. The van der Waals surface area contributed by atoms with Crippen LogP contribution in [0.4, 0.5) is 5.69 Å². The molecule has 0 saturated carbocycles. The topological polar surface area (TPSA) is 61.7 Å². The molecule has 1 aliphatic heterocycles. The van der Waals surface area contributed by atoms with Gasteiger partial charge in [-0.2, -0.15) is 0 Å². The van der Waals surface area contributed by atoms with E-state index in [9.17, 15) is 9.90 Å². The van der Waals surface area contributed by atoms with Crippen LogP contribution in [0.1, 0.15) is 5.56 Å². The minimum absolute atomic E-state index is 0.204. The van der Waals surface area contributed by atoms with Crippen LogP contribution >= 0.6 is 61.9 Å². The highest BCUT2D eigenvalue weighted by Gasteiger charge is 2.23. The molecular formula is C16H9BrClIN2O2S. The molecule has 8 heteroatoms. The van der Waals surface area contributed by atoms with E-state index in [-0.39, 0.29) is 11.7 Å². The minimum atomic E-state index is -0.204. The Labute approximate surface area is 169 Å². The van der Waals surface area contributed by atoms with Crippen molar-refractivity contribution in [3.63, 3.8) is 0 Å². The molecule has 0 aliphatic carbocycles. The predicted molar refractivity (Wildman–Crippen MR) is 111 cm³/mol. The van der Waals surface area contributed by atoms with Crippen molar-refractivity contribution in [1.29, 1.82) is 0 Å². The van der Waals surface area contributed by atoms with Crippen LogP contribution in [0, 0.1) is 3.57 Å². The summed E-state index contributed by atoms with van der Waals surface area (Å²) in [7, 11) is 0. The number of nitrogens with zero attached hydrogens (tertiary/aromatic N) is 1. The van der Waals surface area contributed by atoms with Gasteiger partial charge in [-0.3, -0.25) is 4.79 Å². The van der Waals surface area contributed by atoms with Crippen LogP contribution in [0.25, 0.3) is 6.08 Å². The summed E-state index contributed by atoms with van der Waals surface area (Å²) in [5, 5.41) is 13.3. The number of benzene rings is 2. The van der Waals surface area contributed by atoms with Crippen LogP contribution in [-0.2, 0) is 4.79 Å². The fraction of sp³-hybridized carbons (Fsp3) is 0. The lowest BCUT2D eigenvalue weighted by atomic mass is 10.2. The molecule has 0 bridgehead atoms. The Morgan fingerprint density at radius 2 is 2.08 bits per heavy atom. The van der Waals surface area contributed by atoms with E-state index in [0.717, 1.165) is 13.6 Å². The number of phenolic OH excluding ortho intramolecular Hbond substituents is 1. The van der Waals surface area contributed by atoms with Crippen LogP contribution in [0.15, 0.2) is 50.8 Å². The standard InChI is InChI=1S/C16H9BrClIN2O2S/c17-10-3-2-9(7-11(10)18)20-16-21-15(23)14(24-16)6-8-1-4-13(22)12(19)5-8/h1-7,22H,(H,20,21,23)/b14-6-. The Hall–Kier alpha value is -1.03. The Kier molecular flexibility index (Phi) is 5.53. The molecule has 2 aromatic rings. The van der Waals surface area contributed by atoms with Gasteiger partial charge in [-0.1, -0.05) is 17.7 Å². The number of carbonyl (C=O) groups excluding carboxylic acids is 1. The van der Waals surface area contributed by atoms with E-state index in [1.54, 1.807) is 42.5 Å². The summed E-state index contributed by atoms with van der Waals surface area (Å²) in [4.78, 5) is 17.0. The molecule has 1 saturated heterocycles. The molecule has 4 nitrogen and oxygen atoms in total. The molecule has 24 heavy (non-hydrogen) atoms. The third-order valence-electron chi connectivity index (χ3n) is 3.05. The highest BCUT2D eigenvalue weighted by Crippen LogP contribution is 2.31. The van der Waals surface area contributed by atoms with E-state index in [1.807, 2.05) is 22.6 Å². The zero-order valence-corrected chi connectivity index (χ0v) is 17.2. The first-order valence-electron chi connectivity index (χ1n) is 6.65. The largest absolute Gasteiger partial charge is 0.507 e. The first kappa shape index (κ1) is 17.8. The first-order valence-corrected chi connectivity index (χ1v) is 9.72. The number of amides is 1. The van der Waals surface area contributed by atoms with Gasteiger partial charge < -0.3 is 10.4 Å². The molecule has 0 aromatic heterocycles. The van der Waals surface area contributed by atoms with Gasteiger partial charge >= 0.3 is 0 Å². The summed E-state index contributed by atoms with van der Waals surface area (Å²) in [6.45, 7) is 0. The maximum absolute atomic E-state index is 12.1. The monoisotopic (exact) mass is 534 g/mol. The van der Waals surface area contributed by atoms with Crippen molar-refractivity contribution in [3.05, 3.63) is 59.9 Å². The van der Waals surface area contributed by atoms with Crippen molar-refractivity contribution >= 4 is 84.7 Å². The molecule has 2 aromatic carbocycles. The highest BCUT2D eigenvalue weighted by atomic mass is 127. The van der Waals surface area contributed by atoms with Crippen molar-refractivity contribution in [2.45, 2.75) is 0 Å². The normalized spacial score (nSPS) is 17.5. The van der Waals surface area contributed by atoms with E-state index in [4.69, 9.17) is 11.6 Å². The van der Waals surface area contributed by atoms with Crippen molar-refractivity contribution in [2.75, 3.05) is 0 Å². The third kappa shape index (κ3) is 4.14. The third-order valence-corrected chi connectivity index (χ3v) is 6.06. The fourth-order valence-corrected chi connectivity index (χ4v) is 3.72. The quantitative estimate of drug-likeness (QED) is 0.405. The van der Waals surface area contributed by atoms with Gasteiger partial charge in [-0.15, -0.1) is 0 Å². The van der Waals surface area contributed by atoms with E-state index in [0.29, 0.717) is 20.8 Å². The van der Waals surface area contributed by atoms with Gasteiger partial charge in [0.15, 0.2) is 5.17 Å². The summed E-state index contributed by atoms with van der Waals surface area (Å²) in [5.41, 5.74) is 1.49. The van der Waals surface area contributed by atoms with Gasteiger partial charge in [0.2, 0.25) is 0 Å². The molecule has 3 rings (SSSR count). The van der Waals surface area contributed by atoms with Crippen molar-refractivity contribution in [1.82, 2.24) is 5.32 Å². The maximum Gasteiger partial charge on any atom is 0.264 e. The highest BCUT2D eigenvalue weighted by molar-refractivity contribution is 14.1. The number of hydrogen-bond donors (Lipinski definition) is 2. The number of aliphatic imine (C=N–C) groups is 1. The second kappa shape index (κ2) is 7.47. The Balaban J connectivity index is 1.84. The van der Waals surface area contributed by atoms with Crippen molar-refractivity contribution in [2.24, 2.45) is 4.99 Å². The van der Waals surface area contributed by atoms with Crippen LogP contribution < -0.4 is 5.32 Å². The number of nitrogens with one attached hydrogen (secondary N) is 1. The Bertz CT molecular complexity index is 902. The number of rotatable bonds is 2. The molecule has 0 spiro atoms. The summed E-state index contributed by atoms with van der Waals surface area (Å²) in [6.07, 6.45) is 1.76. The number of amidine groups is 1. The Morgan fingerprint density at radius 1 is 1.29 bits per heavy atom. The van der Waals surface area contributed by atoms with Crippen LogP contribution in [0.3, 0.4) is 0 Å². The van der Waals surface area contributed by atoms with Gasteiger partial charge in [0, 0.05) is 4.47 Å². The van der Waals surface area contributed by atoms with E-state index < -0.39 is 0 Å². The molecule has 2 N–H and O–H groups in total. The summed E-state index contributed by atoms with van der Waals surface area (Å²) < 4.78 is 1.52. The van der Waals surface area contributed by atoms with Crippen LogP contribution in [-0.4, -0.2) is 16.2 Å². The predicted octanol–water partition coefficient (Wildman–Crippen LogP) is 5.30. The molecule has 1 heterocycles. The van der Waals surface area contributed by atoms with E-state index >= 15 is 0 Å². The summed E-state index contributed by atoms with van der Waals surface area (Å²) >= 11 is 12.7. The zero-order chi connectivity index (χ0) is 17.3. The number of thioether (sulfide) groups is 1. The first-order chi connectivity index (χ1) is 11.4. The number of aromatic hydroxyl groups is 1. The average Bonchev–Trinajstić information content (AvgIpc) is 2.86. The molecule has 1 amide bonds. The van der Waals surface area contributed by atoms with Gasteiger partial charge in [-0.25, -0.2) is 4.99 Å². The molecule has 122 valence electrons. The number of halogens is 3. The summed E-state index contributed by atoms with van der Waals surface area (Å²) in [5.74, 6) is 0.0145. The van der Waals surface area contributed by atoms with Crippen LogP contribution in [0.2, 0.25) is 5.02 Å². The molecule has 0 unspecified atom stereocenters. The van der Waals surface area contributed by atoms with E-state index in [2.05, 4.69) is 26.2 Å². The smallest absolute Gasteiger partial charge is 0.264 e. The van der Waals surface area contributed by atoms with Crippen molar-refractivity contribution in [3.8, 4) is 5.75 Å². The van der Waals surface area contributed by atoms with Gasteiger partial charge in [0.25, 0.3) is 5.91 Å². The van der Waals surface area contributed by atoms with Gasteiger partial charge in [-0.05, 0) is 92.3 Å². The number of hydrogen-bond acceptors (Lipinski definition) is 4. The molecule has 0 radical (unpaired) electrons. The molecule has 0 atom stereocenters. The van der Waals surface area contributed by atoms with Gasteiger partial charge in [0.05, 0.1) is 19.2 Å². The number of carbonyl (C=O) groups is 1. The zero-order valence-electron chi connectivity index (χ0n) is 11.9. The molecular weight excluding hydrogens is 527 g/mol. The second-order valence-electron chi connectivity index (χ2n) is 4.79.